The highest BCUT2D eigenvalue weighted by Gasteiger charge is 2.27. The molecule has 32 heavy (non-hydrogen) atoms. The summed E-state index contributed by atoms with van der Waals surface area (Å²) in [5.41, 5.74) is 0.682. The van der Waals surface area contributed by atoms with Crippen LogP contribution >= 0.6 is 0 Å². The number of carbonyl (C=O) groups is 2. The Hall–Kier alpha value is -3.56. The van der Waals surface area contributed by atoms with Crippen LogP contribution in [-0.2, 0) is 4.79 Å². The monoisotopic (exact) mass is 446 g/mol. The number of rotatable bonds is 5. The van der Waals surface area contributed by atoms with Crippen LogP contribution in [0.15, 0.2) is 36.4 Å². The molecule has 0 aromatic heterocycles. The fraction of sp³-hybridized carbons (Fsp3) is 0.364. The van der Waals surface area contributed by atoms with Crippen LogP contribution in [0, 0.1) is 21.7 Å². The van der Waals surface area contributed by atoms with Crippen molar-refractivity contribution < 1.29 is 23.3 Å². The first-order valence-electron chi connectivity index (χ1n) is 10.1. The number of hydrogen-bond acceptors (Lipinski definition) is 5. The van der Waals surface area contributed by atoms with Gasteiger partial charge in [0, 0.05) is 51.8 Å². The van der Waals surface area contributed by atoms with Gasteiger partial charge in [0.15, 0.2) is 11.6 Å². The van der Waals surface area contributed by atoms with Crippen molar-refractivity contribution >= 4 is 23.2 Å². The summed E-state index contributed by atoms with van der Waals surface area (Å²) in [6.45, 7) is 4.95. The summed E-state index contributed by atoms with van der Waals surface area (Å²) in [7, 11) is 1.50. The molecule has 1 heterocycles. The van der Waals surface area contributed by atoms with Gasteiger partial charge in [0.1, 0.15) is 5.69 Å². The number of nitro benzene ring substituents is 1. The normalized spacial score (nSPS) is 14.8. The highest BCUT2D eigenvalue weighted by molar-refractivity contribution is 5.96. The summed E-state index contributed by atoms with van der Waals surface area (Å²) in [4.78, 5) is 40.5. The van der Waals surface area contributed by atoms with E-state index < -0.39 is 28.5 Å². The second-order valence-electron chi connectivity index (χ2n) is 7.72. The Morgan fingerprint density at radius 3 is 2.28 bits per heavy atom. The molecule has 1 saturated heterocycles. The molecule has 3 rings (SSSR count). The lowest BCUT2D eigenvalue weighted by molar-refractivity contribution is -0.384. The second kappa shape index (κ2) is 9.29. The average molecular weight is 446 g/mol. The van der Waals surface area contributed by atoms with E-state index in [0.29, 0.717) is 37.4 Å². The number of nitro groups is 1. The van der Waals surface area contributed by atoms with Crippen molar-refractivity contribution in [1.82, 2.24) is 9.80 Å². The molecular formula is C22H24F2N4O4. The van der Waals surface area contributed by atoms with Crippen LogP contribution in [0.4, 0.5) is 20.2 Å². The fourth-order valence-electron chi connectivity index (χ4n) is 3.71. The molecule has 1 unspecified atom stereocenters. The lowest BCUT2D eigenvalue weighted by atomic mass is 10.0. The maximum Gasteiger partial charge on any atom is 0.293 e. The number of benzene rings is 2. The topological polar surface area (TPSA) is 87.0 Å². The molecule has 1 aliphatic heterocycles. The molecule has 1 atom stereocenters. The van der Waals surface area contributed by atoms with Crippen LogP contribution < -0.4 is 4.90 Å². The quantitative estimate of drug-likeness (QED) is 0.519. The van der Waals surface area contributed by atoms with Gasteiger partial charge in [-0.1, -0.05) is 6.07 Å². The Bertz CT molecular complexity index is 1050. The summed E-state index contributed by atoms with van der Waals surface area (Å²) >= 11 is 0. The van der Waals surface area contributed by atoms with E-state index >= 15 is 0 Å². The third-order valence-corrected chi connectivity index (χ3v) is 5.81. The summed E-state index contributed by atoms with van der Waals surface area (Å²) in [5.74, 6) is -2.53. The van der Waals surface area contributed by atoms with Crippen LogP contribution in [-0.4, -0.2) is 59.8 Å². The Morgan fingerprint density at radius 2 is 1.72 bits per heavy atom. The summed E-state index contributed by atoms with van der Waals surface area (Å²) in [6.07, 6.45) is 0. The molecule has 0 aliphatic carbocycles. The van der Waals surface area contributed by atoms with Crippen molar-refractivity contribution in [1.29, 1.82) is 0 Å². The van der Waals surface area contributed by atoms with Gasteiger partial charge in [-0.05, 0) is 36.8 Å². The zero-order chi connectivity index (χ0) is 23.6. The fourth-order valence-corrected chi connectivity index (χ4v) is 3.71. The zero-order valence-corrected chi connectivity index (χ0v) is 18.0. The van der Waals surface area contributed by atoms with E-state index in [4.69, 9.17) is 0 Å². The van der Waals surface area contributed by atoms with Gasteiger partial charge in [0.05, 0.1) is 11.0 Å². The van der Waals surface area contributed by atoms with Gasteiger partial charge in [0.2, 0.25) is 5.91 Å². The van der Waals surface area contributed by atoms with E-state index in [-0.39, 0.29) is 17.2 Å². The van der Waals surface area contributed by atoms with Gasteiger partial charge >= 0.3 is 0 Å². The van der Waals surface area contributed by atoms with E-state index in [1.54, 1.807) is 11.8 Å². The van der Waals surface area contributed by atoms with Crippen molar-refractivity contribution in [3.05, 3.63) is 69.3 Å². The first-order valence-corrected chi connectivity index (χ1v) is 10.1. The number of piperazine rings is 1. The van der Waals surface area contributed by atoms with Gasteiger partial charge in [-0.3, -0.25) is 19.7 Å². The first-order chi connectivity index (χ1) is 15.1. The molecule has 0 saturated carbocycles. The van der Waals surface area contributed by atoms with E-state index in [2.05, 4.69) is 0 Å². The molecule has 0 radical (unpaired) electrons. The molecule has 0 spiro atoms. The number of carbonyl (C=O) groups excluding carboxylic acids is 2. The smallest absolute Gasteiger partial charge is 0.293 e. The predicted molar refractivity (Wildman–Crippen MR) is 114 cm³/mol. The van der Waals surface area contributed by atoms with Crippen LogP contribution in [0.2, 0.25) is 0 Å². The van der Waals surface area contributed by atoms with Gasteiger partial charge in [0.25, 0.3) is 11.6 Å². The molecule has 10 heteroatoms. The van der Waals surface area contributed by atoms with Crippen molar-refractivity contribution in [2.24, 2.45) is 0 Å². The SMILES string of the molecule is CC(=O)N1CCN(c2ccc(C(=O)N(C)C(C)c3ccc(F)c(F)c3)cc2[N+](=O)[O-])CC1. The van der Waals surface area contributed by atoms with Crippen LogP contribution in [0.25, 0.3) is 0 Å². The van der Waals surface area contributed by atoms with Gasteiger partial charge < -0.3 is 14.7 Å². The van der Waals surface area contributed by atoms with Crippen LogP contribution in [0.3, 0.4) is 0 Å². The summed E-state index contributed by atoms with van der Waals surface area (Å²) in [5, 5.41) is 11.7. The molecule has 0 bridgehead atoms. The van der Waals surface area contributed by atoms with Crippen molar-refractivity contribution in [2.75, 3.05) is 38.1 Å². The molecule has 1 fully saturated rings. The number of nitrogens with zero attached hydrogens (tertiary/aromatic N) is 4. The van der Waals surface area contributed by atoms with Gasteiger partial charge in [-0.2, -0.15) is 0 Å². The number of halogens is 2. The second-order valence-corrected chi connectivity index (χ2v) is 7.72. The number of amides is 2. The summed E-state index contributed by atoms with van der Waals surface area (Å²) < 4.78 is 26.8. The molecule has 0 N–H and O–H groups in total. The Balaban J connectivity index is 1.82. The highest BCUT2D eigenvalue weighted by atomic mass is 19.2. The van der Waals surface area contributed by atoms with Crippen LogP contribution in [0.1, 0.15) is 35.8 Å². The number of hydrogen-bond donors (Lipinski definition) is 0. The van der Waals surface area contributed by atoms with Crippen molar-refractivity contribution in [3.8, 4) is 0 Å². The minimum absolute atomic E-state index is 0.0433. The molecule has 2 amide bonds. The lowest BCUT2D eigenvalue weighted by Crippen LogP contribution is -2.48. The van der Waals surface area contributed by atoms with E-state index in [1.807, 2.05) is 4.90 Å². The van der Waals surface area contributed by atoms with E-state index in [9.17, 15) is 28.5 Å². The maximum absolute atomic E-state index is 13.6. The number of anilines is 1. The Morgan fingerprint density at radius 1 is 1.06 bits per heavy atom. The van der Waals surface area contributed by atoms with E-state index in [1.165, 1.54) is 43.1 Å². The minimum Gasteiger partial charge on any atom is -0.362 e. The lowest BCUT2D eigenvalue weighted by Gasteiger charge is -2.35. The van der Waals surface area contributed by atoms with Gasteiger partial charge in [-0.15, -0.1) is 0 Å². The third kappa shape index (κ3) is 4.68. The standard InChI is InChI=1S/C22H24F2N4O4/c1-14(16-4-6-18(23)19(24)12-16)25(3)22(30)17-5-7-20(21(13-17)28(31)32)27-10-8-26(9-11-27)15(2)29/h4-7,12-14H,8-11H2,1-3H3. The predicted octanol–water partition coefficient (Wildman–Crippen LogP) is 3.37. The highest BCUT2D eigenvalue weighted by Crippen LogP contribution is 2.31. The molecule has 8 nitrogen and oxygen atoms in total. The largest absolute Gasteiger partial charge is 0.362 e. The van der Waals surface area contributed by atoms with Gasteiger partial charge in [-0.25, -0.2) is 8.78 Å². The molecule has 170 valence electrons. The molecule has 2 aromatic carbocycles. The van der Waals surface area contributed by atoms with Crippen molar-refractivity contribution in [3.63, 3.8) is 0 Å². The average Bonchev–Trinajstić information content (AvgIpc) is 2.79. The van der Waals surface area contributed by atoms with E-state index in [0.717, 1.165) is 12.1 Å². The Kier molecular flexibility index (Phi) is 6.71. The molecular weight excluding hydrogens is 422 g/mol. The molecule has 1 aliphatic rings. The maximum atomic E-state index is 13.6. The minimum atomic E-state index is -1.01. The first kappa shape index (κ1) is 23.1. The summed E-state index contributed by atoms with van der Waals surface area (Å²) in [6, 6.07) is 7.08. The molecule has 2 aromatic rings. The Labute approximate surface area is 184 Å². The zero-order valence-electron chi connectivity index (χ0n) is 18.0. The van der Waals surface area contributed by atoms with Crippen LogP contribution in [0.5, 0.6) is 0 Å². The third-order valence-electron chi connectivity index (χ3n) is 5.81. The van der Waals surface area contributed by atoms with Crippen molar-refractivity contribution in [2.45, 2.75) is 19.9 Å².